The average Bonchev–Trinajstić information content (AvgIpc) is 2.41. The maximum absolute atomic E-state index is 13.4. The van der Waals surface area contributed by atoms with E-state index in [2.05, 4.69) is 20.9 Å². The SMILES string of the molecule is NCCCN(c1cccc(F)c1)c1ncc(Br)cc1Cl. The maximum atomic E-state index is 13.4. The van der Waals surface area contributed by atoms with Crippen LogP contribution < -0.4 is 10.6 Å². The molecule has 106 valence electrons. The summed E-state index contributed by atoms with van der Waals surface area (Å²) in [5, 5.41) is 0.501. The van der Waals surface area contributed by atoms with Gasteiger partial charge in [0.25, 0.3) is 0 Å². The lowest BCUT2D eigenvalue weighted by atomic mass is 10.2. The van der Waals surface area contributed by atoms with E-state index in [-0.39, 0.29) is 5.82 Å². The fraction of sp³-hybridized carbons (Fsp3) is 0.214. The Labute approximate surface area is 130 Å². The molecule has 0 radical (unpaired) electrons. The van der Waals surface area contributed by atoms with E-state index in [1.807, 2.05) is 11.0 Å². The van der Waals surface area contributed by atoms with E-state index >= 15 is 0 Å². The van der Waals surface area contributed by atoms with Crippen LogP contribution in [0.5, 0.6) is 0 Å². The molecule has 1 heterocycles. The molecule has 3 nitrogen and oxygen atoms in total. The van der Waals surface area contributed by atoms with Crippen molar-refractivity contribution in [2.24, 2.45) is 5.73 Å². The standard InChI is InChI=1S/C14H14BrClFN3/c15-10-7-13(16)14(19-9-10)20(6-2-5-18)12-4-1-3-11(17)8-12/h1,3-4,7-9H,2,5-6,18H2. The summed E-state index contributed by atoms with van der Waals surface area (Å²) in [5.74, 6) is 0.294. The molecule has 0 spiro atoms. The van der Waals surface area contributed by atoms with E-state index in [9.17, 15) is 4.39 Å². The Kier molecular flexibility index (Phi) is 5.34. The molecule has 0 amide bonds. The van der Waals surface area contributed by atoms with Gasteiger partial charge in [-0.1, -0.05) is 17.7 Å². The molecule has 0 atom stereocenters. The molecule has 1 aromatic carbocycles. The van der Waals surface area contributed by atoms with Crippen LogP contribution in [0.1, 0.15) is 6.42 Å². The lowest BCUT2D eigenvalue weighted by Gasteiger charge is -2.24. The summed E-state index contributed by atoms with van der Waals surface area (Å²) in [6.07, 6.45) is 2.42. The first-order chi connectivity index (χ1) is 9.61. The smallest absolute Gasteiger partial charge is 0.151 e. The largest absolute Gasteiger partial charge is 0.330 e. The predicted molar refractivity (Wildman–Crippen MR) is 84.0 cm³/mol. The van der Waals surface area contributed by atoms with E-state index in [0.717, 1.165) is 10.9 Å². The van der Waals surface area contributed by atoms with Crippen LogP contribution in [0, 0.1) is 5.82 Å². The first-order valence-corrected chi connectivity index (χ1v) is 7.33. The van der Waals surface area contributed by atoms with Crippen molar-refractivity contribution in [1.29, 1.82) is 0 Å². The minimum absolute atomic E-state index is 0.298. The molecular weight excluding hydrogens is 345 g/mol. The van der Waals surface area contributed by atoms with Crippen molar-refractivity contribution >= 4 is 39.0 Å². The maximum Gasteiger partial charge on any atom is 0.151 e. The molecule has 0 bridgehead atoms. The number of anilines is 2. The van der Waals surface area contributed by atoms with Gasteiger partial charge >= 0.3 is 0 Å². The first kappa shape index (κ1) is 15.2. The molecule has 0 aliphatic heterocycles. The van der Waals surface area contributed by atoms with E-state index in [1.165, 1.54) is 12.1 Å². The number of nitrogens with zero attached hydrogens (tertiary/aromatic N) is 2. The second kappa shape index (κ2) is 7.02. The predicted octanol–water partition coefficient (Wildman–Crippen LogP) is 4.12. The van der Waals surface area contributed by atoms with E-state index in [1.54, 1.807) is 18.3 Å². The molecule has 2 aromatic rings. The Balaban J connectivity index is 2.41. The molecule has 20 heavy (non-hydrogen) atoms. The highest BCUT2D eigenvalue weighted by molar-refractivity contribution is 9.10. The normalized spacial score (nSPS) is 10.6. The Morgan fingerprint density at radius 3 is 2.80 bits per heavy atom. The van der Waals surface area contributed by atoms with Crippen LogP contribution in [-0.4, -0.2) is 18.1 Å². The molecule has 0 aliphatic rings. The van der Waals surface area contributed by atoms with Crippen LogP contribution in [0.3, 0.4) is 0 Å². The summed E-state index contributed by atoms with van der Waals surface area (Å²) < 4.78 is 14.2. The van der Waals surface area contributed by atoms with Crippen molar-refractivity contribution in [3.63, 3.8) is 0 Å². The zero-order valence-electron chi connectivity index (χ0n) is 10.7. The van der Waals surface area contributed by atoms with Gasteiger partial charge in [-0.2, -0.15) is 0 Å². The average molecular weight is 359 g/mol. The number of aromatic nitrogens is 1. The topological polar surface area (TPSA) is 42.1 Å². The monoisotopic (exact) mass is 357 g/mol. The van der Waals surface area contributed by atoms with Crippen molar-refractivity contribution in [3.8, 4) is 0 Å². The fourth-order valence-corrected chi connectivity index (χ4v) is 2.59. The Bertz CT molecular complexity index is 594. The molecule has 2 rings (SSSR count). The van der Waals surface area contributed by atoms with Crippen LogP contribution in [-0.2, 0) is 0 Å². The molecule has 0 aliphatic carbocycles. The van der Waals surface area contributed by atoms with Gasteiger partial charge in [0, 0.05) is 22.9 Å². The van der Waals surface area contributed by atoms with Crippen molar-refractivity contribution < 1.29 is 4.39 Å². The van der Waals surface area contributed by atoms with Gasteiger partial charge in [-0.25, -0.2) is 9.37 Å². The van der Waals surface area contributed by atoms with Crippen LogP contribution in [0.4, 0.5) is 15.9 Å². The van der Waals surface area contributed by atoms with E-state index < -0.39 is 0 Å². The zero-order chi connectivity index (χ0) is 14.5. The van der Waals surface area contributed by atoms with E-state index in [0.29, 0.717) is 29.6 Å². The Morgan fingerprint density at radius 2 is 2.15 bits per heavy atom. The third-order valence-corrected chi connectivity index (χ3v) is 3.46. The highest BCUT2D eigenvalue weighted by Crippen LogP contribution is 2.31. The summed E-state index contributed by atoms with van der Waals surface area (Å²) in [5.41, 5.74) is 6.27. The molecule has 2 N–H and O–H groups in total. The van der Waals surface area contributed by atoms with E-state index in [4.69, 9.17) is 17.3 Å². The molecule has 1 aromatic heterocycles. The van der Waals surface area contributed by atoms with Gasteiger partial charge in [0.1, 0.15) is 5.82 Å². The Hall–Kier alpha value is -1.17. The van der Waals surface area contributed by atoms with Gasteiger partial charge in [-0.3, -0.25) is 0 Å². The molecule has 0 unspecified atom stereocenters. The molecule has 0 saturated carbocycles. The number of hydrogen-bond acceptors (Lipinski definition) is 3. The van der Waals surface area contributed by atoms with Gasteiger partial charge in [-0.15, -0.1) is 0 Å². The third kappa shape index (κ3) is 3.69. The second-order valence-corrected chi connectivity index (χ2v) is 5.56. The minimum atomic E-state index is -0.298. The summed E-state index contributed by atoms with van der Waals surface area (Å²) in [6, 6.07) is 8.10. The quantitative estimate of drug-likeness (QED) is 0.874. The number of rotatable bonds is 5. The van der Waals surface area contributed by atoms with Crippen LogP contribution in [0.25, 0.3) is 0 Å². The number of benzene rings is 1. The number of nitrogens with two attached hydrogens (primary N) is 1. The molecule has 0 saturated heterocycles. The number of pyridine rings is 1. The fourth-order valence-electron chi connectivity index (χ4n) is 1.86. The molecular formula is C14H14BrClFN3. The summed E-state index contributed by atoms with van der Waals surface area (Å²) in [7, 11) is 0. The lowest BCUT2D eigenvalue weighted by Crippen LogP contribution is -2.22. The van der Waals surface area contributed by atoms with Gasteiger partial charge < -0.3 is 10.6 Å². The highest BCUT2D eigenvalue weighted by atomic mass is 79.9. The molecule has 0 fully saturated rings. The van der Waals surface area contributed by atoms with Crippen LogP contribution in [0.2, 0.25) is 5.02 Å². The Morgan fingerprint density at radius 1 is 1.35 bits per heavy atom. The van der Waals surface area contributed by atoms with Crippen LogP contribution in [0.15, 0.2) is 41.0 Å². The summed E-state index contributed by atoms with van der Waals surface area (Å²) >= 11 is 9.55. The van der Waals surface area contributed by atoms with Crippen molar-refractivity contribution in [2.45, 2.75) is 6.42 Å². The molecule has 6 heteroatoms. The van der Waals surface area contributed by atoms with Crippen LogP contribution >= 0.6 is 27.5 Å². The minimum Gasteiger partial charge on any atom is -0.330 e. The highest BCUT2D eigenvalue weighted by Gasteiger charge is 2.14. The second-order valence-electron chi connectivity index (χ2n) is 4.23. The third-order valence-electron chi connectivity index (χ3n) is 2.75. The number of hydrogen-bond donors (Lipinski definition) is 1. The number of halogens is 3. The van der Waals surface area contributed by atoms with Gasteiger partial charge in [-0.05, 0) is 53.2 Å². The first-order valence-electron chi connectivity index (χ1n) is 6.16. The van der Waals surface area contributed by atoms with Gasteiger partial charge in [0.2, 0.25) is 0 Å². The van der Waals surface area contributed by atoms with Gasteiger partial charge in [0.15, 0.2) is 5.82 Å². The summed E-state index contributed by atoms with van der Waals surface area (Å²) in [4.78, 5) is 6.19. The van der Waals surface area contributed by atoms with Crippen molar-refractivity contribution in [2.75, 3.05) is 18.0 Å². The zero-order valence-corrected chi connectivity index (χ0v) is 13.0. The lowest BCUT2D eigenvalue weighted by molar-refractivity contribution is 0.627. The van der Waals surface area contributed by atoms with Crippen molar-refractivity contribution in [1.82, 2.24) is 4.98 Å². The van der Waals surface area contributed by atoms with Gasteiger partial charge in [0.05, 0.1) is 5.02 Å². The summed E-state index contributed by atoms with van der Waals surface area (Å²) in [6.45, 7) is 1.16. The van der Waals surface area contributed by atoms with Crippen molar-refractivity contribution in [3.05, 3.63) is 51.8 Å².